The van der Waals surface area contributed by atoms with Gasteiger partial charge in [-0.25, -0.2) is 0 Å². The molecule has 16 heavy (non-hydrogen) atoms. The van der Waals surface area contributed by atoms with E-state index >= 15 is 0 Å². The molecule has 1 heterocycles. The van der Waals surface area contributed by atoms with Gasteiger partial charge in [0.05, 0.1) is 12.2 Å². The lowest BCUT2D eigenvalue weighted by molar-refractivity contribution is 0.0983. The topological polar surface area (TPSA) is 38.8 Å². The molecule has 0 bridgehead atoms. The highest BCUT2D eigenvalue weighted by molar-refractivity contribution is 6.31. The van der Waals surface area contributed by atoms with Gasteiger partial charge >= 0.3 is 0 Å². The van der Waals surface area contributed by atoms with Gasteiger partial charge in [-0.1, -0.05) is 18.5 Å². The minimum Gasteiger partial charge on any atom is -0.490 e. The van der Waals surface area contributed by atoms with Gasteiger partial charge < -0.3 is 9.47 Å². The summed E-state index contributed by atoms with van der Waals surface area (Å²) in [4.78, 5) is 11.7. The highest BCUT2D eigenvalue weighted by atomic mass is 35.5. The van der Waals surface area contributed by atoms with Crippen LogP contribution in [0.1, 0.15) is 23.7 Å². The van der Waals surface area contributed by atoms with Crippen LogP contribution in [0.2, 0.25) is 5.02 Å². The molecule has 1 unspecified atom stereocenters. The average Bonchev–Trinajstić information content (AvgIpc) is 3.10. The van der Waals surface area contributed by atoms with Crippen molar-refractivity contribution in [1.29, 1.82) is 0 Å². The smallest absolute Gasteiger partial charge is 0.166 e. The lowest BCUT2D eigenvalue weighted by Crippen LogP contribution is -2.08. The lowest BCUT2D eigenvalue weighted by atomic mass is 10.1. The van der Waals surface area contributed by atoms with Crippen LogP contribution in [0, 0.1) is 0 Å². The van der Waals surface area contributed by atoms with E-state index in [9.17, 15) is 4.79 Å². The predicted molar refractivity (Wildman–Crippen MR) is 61.3 cm³/mol. The first-order valence-electron chi connectivity index (χ1n) is 5.28. The van der Waals surface area contributed by atoms with Gasteiger partial charge in [-0.3, -0.25) is 4.79 Å². The van der Waals surface area contributed by atoms with E-state index in [1.54, 1.807) is 18.2 Å². The zero-order chi connectivity index (χ0) is 11.5. The van der Waals surface area contributed by atoms with Crippen molar-refractivity contribution in [2.45, 2.75) is 19.4 Å². The first-order valence-corrected chi connectivity index (χ1v) is 5.65. The van der Waals surface area contributed by atoms with Crippen LogP contribution >= 0.6 is 11.6 Å². The van der Waals surface area contributed by atoms with Gasteiger partial charge in [0.25, 0.3) is 0 Å². The first kappa shape index (κ1) is 11.4. The molecule has 4 heteroatoms. The summed E-state index contributed by atoms with van der Waals surface area (Å²) in [5.41, 5.74) is 0.552. The van der Waals surface area contributed by atoms with Crippen LogP contribution in [-0.2, 0) is 4.74 Å². The molecule has 0 N–H and O–H groups in total. The number of ketones is 1. The second kappa shape index (κ2) is 4.85. The largest absolute Gasteiger partial charge is 0.490 e. The highest BCUT2D eigenvalue weighted by Crippen LogP contribution is 2.25. The summed E-state index contributed by atoms with van der Waals surface area (Å²) >= 11 is 5.86. The van der Waals surface area contributed by atoms with Gasteiger partial charge in [-0.2, -0.15) is 0 Å². The summed E-state index contributed by atoms with van der Waals surface area (Å²) in [6.45, 7) is 3.05. The van der Waals surface area contributed by atoms with E-state index in [-0.39, 0.29) is 11.9 Å². The molecule has 0 spiro atoms. The molecule has 1 aromatic carbocycles. The first-order chi connectivity index (χ1) is 7.70. The SMILES string of the molecule is CCC(=O)c1cc(Cl)ccc1OCC1CO1. The van der Waals surface area contributed by atoms with E-state index in [4.69, 9.17) is 21.1 Å². The van der Waals surface area contributed by atoms with Crippen molar-refractivity contribution in [3.05, 3.63) is 28.8 Å². The number of Topliss-reactive ketones (excluding diaryl/α,β-unsaturated/α-hetero) is 1. The number of halogens is 1. The second-order valence-corrected chi connectivity index (χ2v) is 4.12. The van der Waals surface area contributed by atoms with Crippen LogP contribution in [0.15, 0.2) is 18.2 Å². The molecule has 1 aliphatic rings. The third-order valence-corrected chi connectivity index (χ3v) is 2.63. The summed E-state index contributed by atoms with van der Waals surface area (Å²) in [6, 6.07) is 5.10. The summed E-state index contributed by atoms with van der Waals surface area (Å²) in [7, 11) is 0. The van der Waals surface area contributed by atoms with Crippen molar-refractivity contribution in [1.82, 2.24) is 0 Å². The molecular formula is C12H13ClO3. The minimum absolute atomic E-state index is 0.0363. The second-order valence-electron chi connectivity index (χ2n) is 3.68. The zero-order valence-electron chi connectivity index (χ0n) is 9.03. The molecular weight excluding hydrogens is 228 g/mol. The van der Waals surface area contributed by atoms with Crippen LogP contribution in [0.25, 0.3) is 0 Å². The molecule has 0 aromatic heterocycles. The van der Waals surface area contributed by atoms with E-state index in [1.165, 1.54) is 0 Å². The van der Waals surface area contributed by atoms with E-state index in [0.29, 0.717) is 29.4 Å². The Morgan fingerprint density at radius 2 is 2.38 bits per heavy atom. The molecule has 1 aliphatic heterocycles. The Hall–Kier alpha value is -1.06. The fraction of sp³-hybridized carbons (Fsp3) is 0.417. The summed E-state index contributed by atoms with van der Waals surface area (Å²) in [5, 5.41) is 0.548. The van der Waals surface area contributed by atoms with E-state index in [0.717, 1.165) is 6.61 Å². The molecule has 1 fully saturated rings. The Balaban J connectivity index is 2.16. The monoisotopic (exact) mass is 240 g/mol. The third-order valence-electron chi connectivity index (χ3n) is 2.39. The number of benzene rings is 1. The van der Waals surface area contributed by atoms with Crippen LogP contribution in [0.4, 0.5) is 0 Å². The van der Waals surface area contributed by atoms with Crippen LogP contribution in [0.5, 0.6) is 5.75 Å². The Morgan fingerprint density at radius 1 is 1.62 bits per heavy atom. The summed E-state index contributed by atoms with van der Waals surface area (Å²) in [5.74, 6) is 0.626. The van der Waals surface area contributed by atoms with Crippen molar-refractivity contribution in [3.63, 3.8) is 0 Å². The van der Waals surface area contributed by atoms with Crippen molar-refractivity contribution >= 4 is 17.4 Å². The molecule has 0 amide bonds. The maximum absolute atomic E-state index is 11.7. The normalized spacial score (nSPS) is 18.2. The van der Waals surface area contributed by atoms with Gasteiger partial charge in [-0.15, -0.1) is 0 Å². The van der Waals surface area contributed by atoms with Gasteiger partial charge in [0.1, 0.15) is 18.5 Å². The lowest BCUT2D eigenvalue weighted by Gasteiger charge is -2.09. The van der Waals surface area contributed by atoms with Crippen LogP contribution in [-0.4, -0.2) is 25.1 Å². The molecule has 1 atom stereocenters. The van der Waals surface area contributed by atoms with Crippen molar-refractivity contribution in [3.8, 4) is 5.75 Å². The van der Waals surface area contributed by atoms with Gasteiger partial charge in [0.15, 0.2) is 5.78 Å². The fourth-order valence-electron chi connectivity index (χ4n) is 1.38. The van der Waals surface area contributed by atoms with Gasteiger partial charge in [0, 0.05) is 11.4 Å². The van der Waals surface area contributed by atoms with E-state index < -0.39 is 0 Å². The Morgan fingerprint density at radius 3 is 3.00 bits per heavy atom. The standard InChI is InChI=1S/C12H13ClO3/c1-2-11(14)10-5-8(13)3-4-12(10)16-7-9-6-15-9/h3-5,9H,2,6-7H2,1H3. The molecule has 1 saturated heterocycles. The highest BCUT2D eigenvalue weighted by Gasteiger charge is 2.24. The van der Waals surface area contributed by atoms with E-state index in [2.05, 4.69) is 0 Å². The fourth-order valence-corrected chi connectivity index (χ4v) is 1.56. The number of carbonyl (C=O) groups is 1. The number of rotatable bonds is 5. The van der Waals surface area contributed by atoms with Crippen molar-refractivity contribution in [2.24, 2.45) is 0 Å². The number of hydrogen-bond acceptors (Lipinski definition) is 3. The van der Waals surface area contributed by atoms with Crippen LogP contribution in [0.3, 0.4) is 0 Å². The predicted octanol–water partition coefficient (Wildman–Crippen LogP) is 2.71. The quantitative estimate of drug-likeness (QED) is 0.587. The summed E-state index contributed by atoms with van der Waals surface area (Å²) in [6.07, 6.45) is 0.622. The number of hydrogen-bond donors (Lipinski definition) is 0. The number of epoxide rings is 1. The number of ether oxygens (including phenoxy) is 2. The Labute approximate surface area is 99.3 Å². The molecule has 2 rings (SSSR count). The molecule has 1 aromatic rings. The third kappa shape index (κ3) is 2.74. The Kier molecular flexibility index (Phi) is 3.46. The zero-order valence-corrected chi connectivity index (χ0v) is 9.79. The van der Waals surface area contributed by atoms with Gasteiger partial charge in [-0.05, 0) is 18.2 Å². The number of carbonyl (C=O) groups excluding carboxylic acids is 1. The molecule has 0 aliphatic carbocycles. The van der Waals surface area contributed by atoms with E-state index in [1.807, 2.05) is 6.92 Å². The maximum atomic E-state index is 11.7. The van der Waals surface area contributed by atoms with Gasteiger partial charge in [0.2, 0.25) is 0 Å². The Bertz CT molecular complexity index is 399. The van der Waals surface area contributed by atoms with Crippen molar-refractivity contribution < 1.29 is 14.3 Å². The van der Waals surface area contributed by atoms with Crippen molar-refractivity contribution in [2.75, 3.05) is 13.2 Å². The summed E-state index contributed by atoms with van der Waals surface area (Å²) < 4.78 is 10.6. The minimum atomic E-state index is 0.0363. The maximum Gasteiger partial charge on any atom is 0.166 e. The molecule has 86 valence electrons. The molecule has 3 nitrogen and oxygen atoms in total. The van der Waals surface area contributed by atoms with Crippen LogP contribution < -0.4 is 4.74 Å². The average molecular weight is 241 g/mol. The molecule has 0 saturated carbocycles. The molecule has 0 radical (unpaired) electrons.